The fourth-order valence-corrected chi connectivity index (χ4v) is 7.71. The number of nitrogens with zero attached hydrogens (tertiary/aromatic N) is 3. The number of carboxylic acids is 1. The first kappa shape index (κ1) is 29.2. The molecule has 0 aliphatic carbocycles. The summed E-state index contributed by atoms with van der Waals surface area (Å²) >= 11 is 4.03. The van der Waals surface area contributed by atoms with Crippen LogP contribution < -0.4 is 10.6 Å². The van der Waals surface area contributed by atoms with Crippen LogP contribution >= 0.6 is 34.9 Å². The zero-order valence-electron chi connectivity index (χ0n) is 21.7. The average molecular weight is 630 g/mol. The second kappa shape index (κ2) is 11.9. The SMILES string of the molecule is Cc1nnc(SCC2=C(C(=O)O)N3C(=O)C(NC(=O)C(NC(=O)c4cc(O)c(O)c(O)c4)c4ccccc4)[C@@H]3SC2)s1. The molecule has 0 saturated carbocycles. The summed E-state index contributed by atoms with van der Waals surface area (Å²) in [4.78, 5) is 53.0. The Balaban J connectivity index is 1.33. The van der Waals surface area contributed by atoms with Gasteiger partial charge in [0, 0.05) is 17.1 Å². The van der Waals surface area contributed by atoms with E-state index >= 15 is 0 Å². The van der Waals surface area contributed by atoms with E-state index in [1.807, 2.05) is 6.92 Å². The van der Waals surface area contributed by atoms with Crippen LogP contribution in [0.4, 0.5) is 0 Å². The van der Waals surface area contributed by atoms with Gasteiger partial charge in [-0.05, 0) is 30.2 Å². The minimum Gasteiger partial charge on any atom is -0.504 e. The number of phenols is 3. The molecule has 2 aliphatic rings. The van der Waals surface area contributed by atoms with Gasteiger partial charge < -0.3 is 31.1 Å². The first-order valence-electron chi connectivity index (χ1n) is 12.3. The highest BCUT2D eigenvalue weighted by Crippen LogP contribution is 2.42. The van der Waals surface area contributed by atoms with Gasteiger partial charge in [0.05, 0.1) is 0 Å². The molecular weight excluding hydrogens is 607 g/mol. The number of aromatic nitrogens is 2. The van der Waals surface area contributed by atoms with Crippen LogP contribution in [-0.4, -0.2) is 82.1 Å². The molecule has 2 aromatic carbocycles. The number of aryl methyl sites for hydroxylation is 1. The number of hydrogen-bond acceptors (Lipinski definition) is 12. The monoisotopic (exact) mass is 629 g/mol. The van der Waals surface area contributed by atoms with E-state index in [9.17, 15) is 39.6 Å². The maximum atomic E-state index is 13.5. The third-order valence-corrected chi connectivity index (χ3v) is 9.83. The van der Waals surface area contributed by atoms with E-state index in [1.165, 1.54) is 39.8 Å². The molecule has 2 unspecified atom stereocenters. The first-order valence-corrected chi connectivity index (χ1v) is 15.1. The van der Waals surface area contributed by atoms with Gasteiger partial charge >= 0.3 is 5.97 Å². The summed E-state index contributed by atoms with van der Waals surface area (Å²) in [7, 11) is 0. The van der Waals surface area contributed by atoms with E-state index < -0.39 is 58.4 Å². The fourth-order valence-electron chi connectivity index (χ4n) is 4.41. The number of carbonyl (C=O) groups excluding carboxylic acids is 3. The second-order valence-corrected chi connectivity index (χ2v) is 12.7. The molecule has 42 heavy (non-hydrogen) atoms. The number of nitrogens with one attached hydrogen (secondary N) is 2. The van der Waals surface area contributed by atoms with Crippen LogP contribution in [0.25, 0.3) is 0 Å². The molecule has 1 saturated heterocycles. The van der Waals surface area contributed by atoms with E-state index in [0.717, 1.165) is 17.1 Å². The van der Waals surface area contributed by atoms with Gasteiger partial charge in [-0.1, -0.05) is 53.4 Å². The maximum Gasteiger partial charge on any atom is 0.352 e. The zero-order valence-corrected chi connectivity index (χ0v) is 24.1. The third-order valence-electron chi connectivity index (χ3n) is 6.43. The fraction of sp³-hybridized carbons (Fsp3) is 0.231. The summed E-state index contributed by atoms with van der Waals surface area (Å²) in [5, 5.41) is 52.4. The van der Waals surface area contributed by atoms with Crippen LogP contribution in [0.3, 0.4) is 0 Å². The zero-order chi connectivity index (χ0) is 30.1. The summed E-state index contributed by atoms with van der Waals surface area (Å²) in [5.74, 6) is -5.05. The molecular formula is C26H23N5O8S3. The summed E-state index contributed by atoms with van der Waals surface area (Å²) in [6, 6.07) is 7.73. The lowest BCUT2D eigenvalue weighted by Crippen LogP contribution is -2.71. The number of carbonyl (C=O) groups is 4. The number of benzene rings is 2. The Bertz CT molecular complexity index is 1590. The Kier molecular flexibility index (Phi) is 8.29. The Morgan fingerprint density at radius 2 is 1.81 bits per heavy atom. The molecule has 3 atom stereocenters. The van der Waals surface area contributed by atoms with Crippen molar-refractivity contribution in [1.29, 1.82) is 0 Å². The van der Waals surface area contributed by atoms with Crippen molar-refractivity contribution in [3.63, 3.8) is 0 Å². The predicted molar refractivity (Wildman–Crippen MR) is 153 cm³/mol. The molecule has 0 spiro atoms. The molecule has 3 amide bonds. The molecule has 16 heteroatoms. The Labute approximate surface area is 250 Å². The second-order valence-electron chi connectivity index (χ2n) is 9.21. The van der Waals surface area contributed by atoms with Gasteiger partial charge in [0.15, 0.2) is 21.6 Å². The van der Waals surface area contributed by atoms with Crippen LogP contribution in [0.15, 0.2) is 58.1 Å². The van der Waals surface area contributed by atoms with Crippen molar-refractivity contribution in [3.05, 3.63) is 69.9 Å². The lowest BCUT2D eigenvalue weighted by atomic mass is 10.0. The summed E-state index contributed by atoms with van der Waals surface area (Å²) in [5.41, 5.74) is 0.584. The van der Waals surface area contributed by atoms with Gasteiger partial charge in [-0.15, -0.1) is 22.0 Å². The Hall–Kier alpha value is -4.28. The highest BCUT2D eigenvalue weighted by molar-refractivity contribution is 8.01. The maximum absolute atomic E-state index is 13.5. The highest BCUT2D eigenvalue weighted by Gasteiger charge is 2.54. The number of hydrogen-bond donors (Lipinski definition) is 6. The van der Waals surface area contributed by atoms with Gasteiger partial charge in [-0.25, -0.2) is 4.79 Å². The third kappa shape index (κ3) is 5.73. The summed E-state index contributed by atoms with van der Waals surface area (Å²) < 4.78 is 0.684. The van der Waals surface area contributed by atoms with E-state index in [-0.39, 0.29) is 11.3 Å². The molecule has 1 aromatic heterocycles. The van der Waals surface area contributed by atoms with E-state index in [4.69, 9.17) is 0 Å². The number of fused-ring (bicyclic) bond motifs is 1. The number of rotatable bonds is 9. The Morgan fingerprint density at radius 1 is 1.12 bits per heavy atom. The summed E-state index contributed by atoms with van der Waals surface area (Å²) in [6.07, 6.45) is 0. The molecule has 0 bridgehead atoms. The van der Waals surface area contributed by atoms with E-state index in [2.05, 4.69) is 20.8 Å². The smallest absolute Gasteiger partial charge is 0.352 e. The molecule has 2 aliphatic heterocycles. The highest BCUT2D eigenvalue weighted by atomic mass is 32.2. The van der Waals surface area contributed by atoms with Crippen LogP contribution in [0.2, 0.25) is 0 Å². The van der Waals surface area contributed by atoms with Gasteiger partial charge in [0.2, 0.25) is 5.91 Å². The molecule has 13 nitrogen and oxygen atoms in total. The molecule has 5 rings (SSSR count). The van der Waals surface area contributed by atoms with Crippen LogP contribution in [-0.2, 0) is 14.4 Å². The topological polar surface area (TPSA) is 202 Å². The molecule has 218 valence electrons. The van der Waals surface area contributed by atoms with Gasteiger partial charge in [-0.2, -0.15) is 0 Å². The predicted octanol–water partition coefficient (Wildman–Crippen LogP) is 1.97. The van der Waals surface area contributed by atoms with Crippen LogP contribution in [0, 0.1) is 6.92 Å². The van der Waals surface area contributed by atoms with Gasteiger partial charge in [0.1, 0.15) is 28.2 Å². The number of β-lactam (4-membered cyclic amide) rings is 1. The molecule has 0 radical (unpaired) electrons. The average Bonchev–Trinajstić information content (AvgIpc) is 3.40. The minimum absolute atomic E-state index is 0.122. The number of aliphatic carboxylic acids is 1. The number of amides is 3. The molecule has 6 N–H and O–H groups in total. The number of carboxylic acid groups (broad SMARTS) is 1. The van der Waals surface area contributed by atoms with Crippen molar-refractivity contribution in [1.82, 2.24) is 25.7 Å². The quantitative estimate of drug-likeness (QED) is 0.114. The number of aromatic hydroxyl groups is 3. The Morgan fingerprint density at radius 3 is 2.43 bits per heavy atom. The largest absolute Gasteiger partial charge is 0.504 e. The minimum atomic E-state index is -1.29. The molecule has 3 heterocycles. The standard InChI is InChI=1S/C26H23N5O8S3/c1-11-29-30-26(42-11)41-10-14-9-40-24-18(23(37)31(24)19(14)25(38)39)28-22(36)17(12-5-3-2-4-6-12)27-21(35)13-7-15(32)20(34)16(33)8-13/h2-8,17-18,24,32-34H,9-10H2,1H3,(H,27,35)(H,28,36)(H,38,39)/t17?,18?,24-/m0/s1. The van der Waals surface area contributed by atoms with Gasteiger partial charge in [0.25, 0.3) is 11.8 Å². The number of thioether (sulfide) groups is 2. The lowest BCUT2D eigenvalue weighted by molar-refractivity contribution is -0.151. The molecule has 3 aromatic rings. The van der Waals surface area contributed by atoms with Gasteiger partial charge in [-0.3, -0.25) is 19.3 Å². The number of phenolic OH excluding ortho intramolecular Hbond substituents is 3. The van der Waals surface area contributed by atoms with Crippen LogP contribution in [0.5, 0.6) is 17.2 Å². The molecule has 1 fully saturated rings. The van der Waals surface area contributed by atoms with E-state index in [0.29, 0.717) is 27.0 Å². The van der Waals surface area contributed by atoms with Crippen molar-refractivity contribution in [3.8, 4) is 17.2 Å². The van der Waals surface area contributed by atoms with Crippen molar-refractivity contribution in [2.24, 2.45) is 0 Å². The van der Waals surface area contributed by atoms with E-state index in [1.54, 1.807) is 30.3 Å². The van der Waals surface area contributed by atoms with Crippen LogP contribution in [0.1, 0.15) is 27.0 Å². The van der Waals surface area contributed by atoms with Crippen molar-refractivity contribution >= 4 is 58.6 Å². The van der Waals surface area contributed by atoms with Crippen molar-refractivity contribution in [2.45, 2.75) is 28.7 Å². The van der Waals surface area contributed by atoms with Crippen molar-refractivity contribution < 1.29 is 39.6 Å². The van der Waals surface area contributed by atoms with Crippen molar-refractivity contribution in [2.75, 3.05) is 11.5 Å². The normalized spacial score (nSPS) is 18.6. The lowest BCUT2D eigenvalue weighted by Gasteiger charge is -2.49. The summed E-state index contributed by atoms with van der Waals surface area (Å²) in [6.45, 7) is 1.81. The first-order chi connectivity index (χ1) is 20.0.